The average molecular weight is 269 g/mol. The van der Waals surface area contributed by atoms with Gasteiger partial charge in [0.2, 0.25) is 0 Å². The molecule has 80 valence electrons. The van der Waals surface area contributed by atoms with Gasteiger partial charge in [0.25, 0.3) is 0 Å². The van der Waals surface area contributed by atoms with Crippen LogP contribution >= 0.6 is 15.9 Å². The molecule has 15 heavy (non-hydrogen) atoms. The third-order valence-electron chi connectivity index (χ3n) is 2.55. The van der Waals surface area contributed by atoms with Gasteiger partial charge in [-0.2, -0.15) is 0 Å². The van der Waals surface area contributed by atoms with E-state index >= 15 is 0 Å². The number of nitrogens with one attached hydrogen (secondary N) is 1. The van der Waals surface area contributed by atoms with Crippen molar-refractivity contribution in [2.45, 2.75) is 6.42 Å². The monoisotopic (exact) mass is 268 g/mol. The molecule has 0 aromatic heterocycles. The van der Waals surface area contributed by atoms with E-state index in [1.54, 1.807) is 0 Å². The van der Waals surface area contributed by atoms with Crippen molar-refractivity contribution in [1.29, 1.82) is 0 Å². The Morgan fingerprint density at radius 3 is 2.87 bits per heavy atom. The Morgan fingerprint density at radius 1 is 1.40 bits per heavy atom. The highest BCUT2D eigenvalue weighted by atomic mass is 79.9. The molecule has 1 saturated heterocycles. The second-order valence-electron chi connectivity index (χ2n) is 3.56. The van der Waals surface area contributed by atoms with E-state index in [1.807, 2.05) is 23.1 Å². The lowest BCUT2D eigenvalue weighted by Gasteiger charge is -2.14. The maximum Gasteiger partial charge on any atom is 0.317 e. The molecule has 2 rings (SSSR count). The lowest BCUT2D eigenvalue weighted by molar-refractivity contribution is 0.218. The highest BCUT2D eigenvalue weighted by molar-refractivity contribution is 9.10. The molecular formula is C11H13BrN2O. The fraction of sp³-hybridized carbons (Fsp3) is 0.364. The largest absolute Gasteiger partial charge is 0.336 e. The molecule has 0 aliphatic carbocycles. The molecular weight excluding hydrogens is 256 g/mol. The molecule has 0 unspecified atom stereocenters. The number of urea groups is 1. The number of carbonyl (C=O) groups is 1. The van der Waals surface area contributed by atoms with E-state index in [0.29, 0.717) is 0 Å². The van der Waals surface area contributed by atoms with Gasteiger partial charge in [0.15, 0.2) is 0 Å². The molecule has 1 N–H and O–H groups in total. The van der Waals surface area contributed by atoms with E-state index in [4.69, 9.17) is 0 Å². The summed E-state index contributed by atoms with van der Waals surface area (Å²) in [6.07, 6.45) is 0.898. The molecule has 2 amide bonds. The van der Waals surface area contributed by atoms with Gasteiger partial charge < -0.3 is 10.2 Å². The Balaban J connectivity index is 1.93. The van der Waals surface area contributed by atoms with Crippen molar-refractivity contribution in [1.82, 2.24) is 10.2 Å². The minimum Gasteiger partial charge on any atom is -0.336 e. The molecule has 0 radical (unpaired) electrons. The first kappa shape index (κ1) is 10.5. The summed E-state index contributed by atoms with van der Waals surface area (Å²) in [5, 5.41) is 2.80. The molecule has 0 bridgehead atoms. The van der Waals surface area contributed by atoms with Gasteiger partial charge in [-0.15, -0.1) is 0 Å². The summed E-state index contributed by atoms with van der Waals surface area (Å²) in [4.78, 5) is 13.1. The van der Waals surface area contributed by atoms with Crippen LogP contribution in [0.2, 0.25) is 0 Å². The quantitative estimate of drug-likeness (QED) is 0.894. The zero-order chi connectivity index (χ0) is 10.7. The van der Waals surface area contributed by atoms with Crippen molar-refractivity contribution in [3.05, 3.63) is 34.3 Å². The van der Waals surface area contributed by atoms with E-state index in [9.17, 15) is 4.79 Å². The Kier molecular flexibility index (Phi) is 3.26. The Morgan fingerprint density at radius 2 is 2.20 bits per heavy atom. The number of hydrogen-bond donors (Lipinski definition) is 1. The van der Waals surface area contributed by atoms with Gasteiger partial charge in [-0.3, -0.25) is 0 Å². The summed E-state index contributed by atoms with van der Waals surface area (Å²) in [6.45, 7) is 2.38. The molecule has 4 heteroatoms. The van der Waals surface area contributed by atoms with E-state index < -0.39 is 0 Å². The van der Waals surface area contributed by atoms with Crippen LogP contribution < -0.4 is 5.32 Å². The highest BCUT2D eigenvalue weighted by Crippen LogP contribution is 2.16. The predicted octanol–water partition coefficient (Wildman–Crippen LogP) is 2.02. The fourth-order valence-corrected chi connectivity index (χ4v) is 2.16. The van der Waals surface area contributed by atoms with Crippen molar-refractivity contribution in [3.8, 4) is 0 Å². The SMILES string of the molecule is O=C1NCCN1CCc1ccccc1Br. The number of amides is 2. The number of nitrogens with zero attached hydrogens (tertiary/aromatic N) is 1. The smallest absolute Gasteiger partial charge is 0.317 e. The summed E-state index contributed by atoms with van der Waals surface area (Å²) in [5.74, 6) is 0. The predicted molar refractivity (Wildman–Crippen MR) is 62.8 cm³/mol. The lowest BCUT2D eigenvalue weighted by Crippen LogP contribution is -2.30. The number of carbonyl (C=O) groups excluding carboxylic acids is 1. The minimum atomic E-state index is 0.0575. The van der Waals surface area contributed by atoms with Crippen LogP contribution in [0, 0.1) is 0 Å². The summed E-state index contributed by atoms with van der Waals surface area (Å²) >= 11 is 3.50. The van der Waals surface area contributed by atoms with Crippen LogP contribution in [0.25, 0.3) is 0 Å². The number of halogens is 1. The molecule has 1 heterocycles. The van der Waals surface area contributed by atoms with Gasteiger partial charge in [0.1, 0.15) is 0 Å². The van der Waals surface area contributed by atoms with E-state index in [-0.39, 0.29) is 6.03 Å². The van der Waals surface area contributed by atoms with Gasteiger partial charge in [-0.05, 0) is 18.1 Å². The van der Waals surface area contributed by atoms with Gasteiger partial charge in [-0.25, -0.2) is 4.79 Å². The fourth-order valence-electron chi connectivity index (χ4n) is 1.68. The van der Waals surface area contributed by atoms with Crippen LogP contribution in [0.4, 0.5) is 4.79 Å². The summed E-state index contributed by atoms with van der Waals surface area (Å²) in [6, 6.07) is 8.18. The van der Waals surface area contributed by atoms with Crippen molar-refractivity contribution >= 4 is 22.0 Å². The highest BCUT2D eigenvalue weighted by Gasteiger charge is 2.18. The normalized spacial score (nSPS) is 15.5. The van der Waals surface area contributed by atoms with Crippen LogP contribution in [0.15, 0.2) is 28.7 Å². The molecule has 0 atom stereocenters. The standard InChI is InChI=1S/C11H13BrN2O/c12-10-4-2-1-3-9(10)5-7-14-8-6-13-11(14)15/h1-4H,5-8H2,(H,13,15). The topological polar surface area (TPSA) is 32.3 Å². The third kappa shape index (κ3) is 2.50. The maximum absolute atomic E-state index is 11.3. The first-order valence-corrected chi connectivity index (χ1v) is 5.83. The van der Waals surface area contributed by atoms with Gasteiger partial charge in [-0.1, -0.05) is 34.1 Å². The second-order valence-corrected chi connectivity index (χ2v) is 4.41. The zero-order valence-corrected chi connectivity index (χ0v) is 9.96. The van der Waals surface area contributed by atoms with Crippen LogP contribution in [0.5, 0.6) is 0 Å². The molecule has 0 spiro atoms. The average Bonchev–Trinajstić information content (AvgIpc) is 2.63. The Labute approximate surface area is 97.6 Å². The van der Waals surface area contributed by atoms with Crippen LogP contribution in [0.3, 0.4) is 0 Å². The molecule has 1 aliphatic heterocycles. The van der Waals surface area contributed by atoms with Gasteiger partial charge in [0, 0.05) is 24.1 Å². The number of benzene rings is 1. The summed E-state index contributed by atoms with van der Waals surface area (Å²) < 4.78 is 1.12. The molecule has 0 saturated carbocycles. The molecule has 1 aliphatic rings. The lowest BCUT2D eigenvalue weighted by atomic mass is 10.1. The molecule has 1 fully saturated rings. The Bertz CT molecular complexity index is 367. The van der Waals surface area contributed by atoms with Crippen molar-refractivity contribution in [3.63, 3.8) is 0 Å². The number of rotatable bonds is 3. The maximum atomic E-state index is 11.3. The van der Waals surface area contributed by atoms with Crippen LogP contribution in [0.1, 0.15) is 5.56 Å². The van der Waals surface area contributed by atoms with Crippen LogP contribution in [-0.2, 0) is 6.42 Å². The van der Waals surface area contributed by atoms with Crippen LogP contribution in [-0.4, -0.2) is 30.6 Å². The van der Waals surface area contributed by atoms with E-state index in [0.717, 1.165) is 30.5 Å². The van der Waals surface area contributed by atoms with E-state index in [2.05, 4.69) is 27.3 Å². The second kappa shape index (κ2) is 4.66. The summed E-state index contributed by atoms with van der Waals surface area (Å²) in [5.41, 5.74) is 1.25. The van der Waals surface area contributed by atoms with Crippen molar-refractivity contribution in [2.24, 2.45) is 0 Å². The van der Waals surface area contributed by atoms with E-state index in [1.165, 1.54) is 5.56 Å². The number of hydrogen-bond acceptors (Lipinski definition) is 1. The molecule has 3 nitrogen and oxygen atoms in total. The Hall–Kier alpha value is -1.03. The molecule has 1 aromatic rings. The third-order valence-corrected chi connectivity index (χ3v) is 3.33. The van der Waals surface area contributed by atoms with Crippen molar-refractivity contribution in [2.75, 3.05) is 19.6 Å². The van der Waals surface area contributed by atoms with Gasteiger partial charge >= 0.3 is 6.03 Å². The first-order valence-electron chi connectivity index (χ1n) is 5.03. The zero-order valence-electron chi connectivity index (χ0n) is 8.37. The van der Waals surface area contributed by atoms with Gasteiger partial charge in [0.05, 0.1) is 0 Å². The van der Waals surface area contributed by atoms with Crippen molar-refractivity contribution < 1.29 is 4.79 Å². The minimum absolute atomic E-state index is 0.0575. The summed E-state index contributed by atoms with van der Waals surface area (Å²) in [7, 11) is 0. The molecule has 1 aromatic carbocycles. The first-order chi connectivity index (χ1) is 7.27.